The predicted molar refractivity (Wildman–Crippen MR) is 206 cm³/mol. The van der Waals surface area contributed by atoms with Gasteiger partial charge < -0.3 is 9.05 Å². The van der Waals surface area contributed by atoms with Crippen LogP contribution in [0.5, 0.6) is 0 Å². The molecule has 0 aliphatic rings. The van der Waals surface area contributed by atoms with Gasteiger partial charge in [0.25, 0.3) is 0 Å². The number of hydrogen-bond acceptors (Lipinski definition) is 9. The molecule has 10 heteroatoms. The summed E-state index contributed by atoms with van der Waals surface area (Å²) in [6, 6.07) is 26.8. The molecular weight excluding hydrogens is 655 g/mol. The SMILES string of the molecule is CCN(CC)Cc1cccc(-c2cc(-c3ccc(C#CCCCCOP(C)(=O)OCCC#N)cc3)cc(-c3cccc(CN(CC)CC)n3)n2)n1. The Morgan fingerprint density at radius 3 is 1.75 bits per heavy atom. The second kappa shape index (κ2) is 20.6. The van der Waals surface area contributed by atoms with Crippen molar-refractivity contribution in [3.8, 4) is 51.8 Å². The van der Waals surface area contributed by atoms with E-state index in [2.05, 4.69) is 97.9 Å². The fourth-order valence-electron chi connectivity index (χ4n) is 5.48. The first-order chi connectivity index (χ1) is 24.8. The molecule has 4 rings (SSSR count). The van der Waals surface area contributed by atoms with Crippen molar-refractivity contribution >= 4 is 7.60 Å². The van der Waals surface area contributed by atoms with Crippen molar-refractivity contribution < 1.29 is 13.6 Å². The van der Waals surface area contributed by atoms with Gasteiger partial charge in [-0.05, 0) is 98.7 Å². The van der Waals surface area contributed by atoms with Crippen LogP contribution in [0.3, 0.4) is 0 Å². The van der Waals surface area contributed by atoms with Gasteiger partial charge in [0.15, 0.2) is 0 Å². The van der Waals surface area contributed by atoms with E-state index in [4.69, 9.17) is 29.3 Å². The quantitative estimate of drug-likeness (QED) is 0.0537. The van der Waals surface area contributed by atoms with E-state index in [-0.39, 0.29) is 13.0 Å². The van der Waals surface area contributed by atoms with Crippen molar-refractivity contribution in [1.29, 1.82) is 5.26 Å². The first-order valence-electron chi connectivity index (χ1n) is 18.0. The van der Waals surface area contributed by atoms with Crippen LogP contribution in [0, 0.1) is 23.2 Å². The molecule has 3 aromatic heterocycles. The number of hydrogen-bond donors (Lipinski definition) is 0. The highest BCUT2D eigenvalue weighted by Gasteiger charge is 2.16. The minimum absolute atomic E-state index is 0.114. The van der Waals surface area contributed by atoms with Crippen LogP contribution in [0.25, 0.3) is 33.9 Å². The van der Waals surface area contributed by atoms with Gasteiger partial charge >= 0.3 is 7.60 Å². The van der Waals surface area contributed by atoms with Gasteiger partial charge in [-0.3, -0.25) is 14.4 Å². The molecule has 0 N–H and O–H groups in total. The van der Waals surface area contributed by atoms with Crippen LogP contribution in [0.15, 0.2) is 72.8 Å². The van der Waals surface area contributed by atoms with Crippen molar-refractivity contribution in [3.05, 3.63) is 89.7 Å². The minimum atomic E-state index is -3.12. The van der Waals surface area contributed by atoms with Crippen LogP contribution in [-0.4, -0.2) is 70.8 Å². The summed E-state index contributed by atoms with van der Waals surface area (Å²) >= 11 is 0. The van der Waals surface area contributed by atoms with Gasteiger partial charge in [-0.2, -0.15) is 5.26 Å². The van der Waals surface area contributed by atoms with E-state index in [0.717, 1.165) is 103 Å². The number of pyridine rings is 3. The summed E-state index contributed by atoms with van der Waals surface area (Å²) in [5.41, 5.74) is 8.35. The molecule has 0 saturated heterocycles. The predicted octanol–water partition coefficient (Wildman–Crippen LogP) is 8.85. The van der Waals surface area contributed by atoms with Crippen molar-refractivity contribution in [2.45, 2.75) is 66.5 Å². The molecular formula is C41H51N6O3P. The highest BCUT2D eigenvalue weighted by atomic mass is 31.2. The molecule has 4 aromatic rings. The van der Waals surface area contributed by atoms with Crippen LogP contribution >= 0.6 is 7.60 Å². The molecule has 51 heavy (non-hydrogen) atoms. The van der Waals surface area contributed by atoms with E-state index in [9.17, 15) is 4.57 Å². The van der Waals surface area contributed by atoms with E-state index in [0.29, 0.717) is 13.0 Å². The Morgan fingerprint density at radius 1 is 0.667 bits per heavy atom. The van der Waals surface area contributed by atoms with Crippen LogP contribution in [0.4, 0.5) is 0 Å². The van der Waals surface area contributed by atoms with Gasteiger partial charge in [0.1, 0.15) is 0 Å². The van der Waals surface area contributed by atoms with E-state index >= 15 is 0 Å². The smallest absolute Gasteiger partial charge is 0.309 e. The van der Waals surface area contributed by atoms with Crippen LogP contribution < -0.4 is 0 Å². The molecule has 1 atom stereocenters. The number of nitriles is 1. The molecule has 9 nitrogen and oxygen atoms in total. The largest absolute Gasteiger partial charge is 0.327 e. The molecule has 268 valence electrons. The highest BCUT2D eigenvalue weighted by molar-refractivity contribution is 7.52. The summed E-state index contributed by atoms with van der Waals surface area (Å²) in [5, 5.41) is 8.60. The van der Waals surface area contributed by atoms with Gasteiger partial charge in [-0.25, -0.2) is 15.0 Å². The van der Waals surface area contributed by atoms with Gasteiger partial charge in [0.2, 0.25) is 0 Å². The first kappa shape index (κ1) is 39.6. The molecule has 0 amide bonds. The number of nitrogens with zero attached hydrogens (tertiary/aromatic N) is 6. The number of unbranched alkanes of at least 4 members (excludes halogenated alkanes) is 2. The average Bonchev–Trinajstić information content (AvgIpc) is 3.16. The third kappa shape index (κ3) is 12.8. The Kier molecular flexibility index (Phi) is 16.0. The Bertz CT molecular complexity index is 1760. The molecule has 0 spiro atoms. The highest BCUT2D eigenvalue weighted by Crippen LogP contribution is 2.44. The van der Waals surface area contributed by atoms with Crippen molar-refractivity contribution in [1.82, 2.24) is 24.8 Å². The van der Waals surface area contributed by atoms with Crippen LogP contribution in [0.2, 0.25) is 0 Å². The van der Waals surface area contributed by atoms with E-state index in [1.807, 2.05) is 30.3 Å². The number of rotatable bonds is 19. The van der Waals surface area contributed by atoms with Crippen LogP contribution in [0.1, 0.15) is 70.3 Å². The lowest BCUT2D eigenvalue weighted by atomic mass is 10.0. The maximum atomic E-state index is 12.2. The maximum absolute atomic E-state index is 12.2. The lowest BCUT2D eigenvalue weighted by molar-refractivity contribution is 0.209. The molecule has 0 aliphatic heterocycles. The van der Waals surface area contributed by atoms with Gasteiger partial charge in [-0.1, -0.05) is 63.8 Å². The lowest BCUT2D eigenvalue weighted by Gasteiger charge is -2.18. The third-order valence-corrected chi connectivity index (χ3v) is 9.84. The second-order valence-electron chi connectivity index (χ2n) is 12.3. The number of aromatic nitrogens is 3. The second-order valence-corrected chi connectivity index (χ2v) is 14.3. The summed E-state index contributed by atoms with van der Waals surface area (Å²) in [5.74, 6) is 6.50. The zero-order chi connectivity index (χ0) is 36.5. The molecule has 3 heterocycles. The van der Waals surface area contributed by atoms with E-state index in [1.165, 1.54) is 6.66 Å². The zero-order valence-corrected chi connectivity index (χ0v) is 31.7. The zero-order valence-electron chi connectivity index (χ0n) is 30.8. The molecule has 0 saturated carbocycles. The fourth-order valence-corrected chi connectivity index (χ4v) is 6.44. The van der Waals surface area contributed by atoms with E-state index in [1.54, 1.807) is 0 Å². The average molecular weight is 707 g/mol. The van der Waals surface area contributed by atoms with Crippen molar-refractivity contribution in [2.75, 3.05) is 46.1 Å². The van der Waals surface area contributed by atoms with Gasteiger partial charge in [-0.15, -0.1) is 0 Å². The molecule has 1 unspecified atom stereocenters. The number of benzene rings is 1. The van der Waals surface area contributed by atoms with Crippen molar-refractivity contribution in [2.24, 2.45) is 0 Å². The molecule has 0 radical (unpaired) electrons. The van der Waals surface area contributed by atoms with Gasteiger partial charge in [0.05, 0.1) is 59.9 Å². The summed E-state index contributed by atoms with van der Waals surface area (Å²) in [4.78, 5) is 19.9. The molecule has 1 aromatic carbocycles. The summed E-state index contributed by atoms with van der Waals surface area (Å²) in [6.45, 7) is 16.0. The summed E-state index contributed by atoms with van der Waals surface area (Å²) in [7, 11) is -3.12. The Balaban J connectivity index is 1.54. The first-order valence-corrected chi connectivity index (χ1v) is 20.0. The van der Waals surface area contributed by atoms with Gasteiger partial charge in [0, 0.05) is 31.7 Å². The molecule has 0 bridgehead atoms. The Hall–Kier alpha value is -4.21. The molecule has 0 aliphatic carbocycles. The third-order valence-electron chi connectivity index (χ3n) is 8.54. The standard InChI is InChI=1S/C41H51N6O3P/c1-6-46(7-2)31-36-18-14-20-38(43-36)40-29-35(30-41(45-40)39-21-15-19-37(44-39)32-47(8-3)9-4)34-24-22-33(23-25-34)17-12-10-11-13-27-49-51(5,48)50-28-16-26-42/h14-15,18-25,29-30H,6-11,13,16,27-28,31-32H2,1-5H3. The fraction of sp³-hybridized carbons (Fsp3) is 0.415. The summed E-state index contributed by atoms with van der Waals surface area (Å²) < 4.78 is 22.8. The monoisotopic (exact) mass is 706 g/mol. The lowest BCUT2D eigenvalue weighted by Crippen LogP contribution is -2.22. The minimum Gasteiger partial charge on any atom is -0.309 e. The molecule has 0 fully saturated rings. The van der Waals surface area contributed by atoms with E-state index < -0.39 is 7.60 Å². The van der Waals surface area contributed by atoms with Crippen molar-refractivity contribution in [3.63, 3.8) is 0 Å². The normalized spacial score (nSPS) is 12.4. The maximum Gasteiger partial charge on any atom is 0.327 e. The summed E-state index contributed by atoms with van der Waals surface area (Å²) in [6.07, 6.45) is 2.43. The topological polar surface area (TPSA) is 104 Å². The van der Waals surface area contributed by atoms with Crippen LogP contribution in [-0.2, 0) is 26.7 Å². The Labute approximate surface area is 304 Å². The Morgan fingerprint density at radius 2 is 1.22 bits per heavy atom.